The molecule has 0 saturated carbocycles. The molecule has 1 saturated heterocycles. The van der Waals surface area contributed by atoms with E-state index < -0.39 is 12.1 Å². The molecule has 0 bridgehead atoms. The Labute approximate surface area is 141 Å². The molecule has 7 heteroatoms. The van der Waals surface area contributed by atoms with Gasteiger partial charge in [0, 0.05) is 19.5 Å². The predicted octanol–water partition coefficient (Wildman–Crippen LogP) is 0.216. The van der Waals surface area contributed by atoms with Crippen molar-refractivity contribution in [2.75, 3.05) is 33.8 Å². The van der Waals surface area contributed by atoms with Crippen molar-refractivity contribution in [2.45, 2.75) is 25.0 Å². The summed E-state index contributed by atoms with van der Waals surface area (Å²) in [5.74, 6) is -0.206. The molecule has 0 spiro atoms. The largest absolute Gasteiger partial charge is 0.497 e. The van der Waals surface area contributed by atoms with Gasteiger partial charge in [0.2, 0.25) is 5.91 Å². The number of carboxylic acids is 1. The zero-order valence-electron chi connectivity index (χ0n) is 14.0. The lowest BCUT2D eigenvalue weighted by Crippen LogP contribution is -2.43. The minimum Gasteiger partial charge on any atom is -0.497 e. The van der Waals surface area contributed by atoms with Crippen molar-refractivity contribution >= 4 is 11.9 Å². The van der Waals surface area contributed by atoms with Gasteiger partial charge in [-0.25, -0.2) is 0 Å². The molecule has 1 aliphatic heterocycles. The average molecular weight is 336 g/mol. The number of benzene rings is 1. The molecule has 2 rings (SSSR count). The van der Waals surface area contributed by atoms with Gasteiger partial charge in [-0.05, 0) is 31.2 Å². The number of aliphatic hydroxyl groups is 1. The molecule has 7 nitrogen and oxygen atoms in total. The van der Waals surface area contributed by atoms with Crippen LogP contribution in [0.2, 0.25) is 0 Å². The number of aryl methyl sites for hydroxylation is 1. The minimum atomic E-state index is -0.950. The fourth-order valence-electron chi connectivity index (χ4n) is 2.94. The Morgan fingerprint density at radius 2 is 1.96 bits per heavy atom. The highest BCUT2D eigenvalue weighted by atomic mass is 16.5. The van der Waals surface area contributed by atoms with Gasteiger partial charge in [0.05, 0.1) is 25.8 Å². The van der Waals surface area contributed by atoms with E-state index in [0.717, 1.165) is 11.3 Å². The Hall–Kier alpha value is -2.12. The number of carbonyl (C=O) groups is 2. The number of likely N-dealkylation sites (N-methyl/N-ethyl adjacent to an activating group) is 1. The zero-order valence-corrected chi connectivity index (χ0v) is 14.0. The Morgan fingerprint density at radius 3 is 2.54 bits per heavy atom. The molecule has 0 aliphatic carbocycles. The third-order valence-electron chi connectivity index (χ3n) is 4.35. The second kappa shape index (κ2) is 8.12. The summed E-state index contributed by atoms with van der Waals surface area (Å²) >= 11 is 0. The van der Waals surface area contributed by atoms with Crippen LogP contribution in [0.25, 0.3) is 0 Å². The third kappa shape index (κ3) is 4.69. The van der Waals surface area contributed by atoms with Gasteiger partial charge in [-0.3, -0.25) is 14.5 Å². The quantitative estimate of drug-likeness (QED) is 0.740. The third-order valence-corrected chi connectivity index (χ3v) is 4.35. The molecular formula is C17H24N2O5. The first-order chi connectivity index (χ1) is 11.4. The highest BCUT2D eigenvalue weighted by molar-refractivity contribution is 5.77. The highest BCUT2D eigenvalue weighted by Gasteiger charge is 2.36. The Morgan fingerprint density at radius 1 is 1.29 bits per heavy atom. The number of aliphatic carboxylic acids is 1. The second-order valence-corrected chi connectivity index (χ2v) is 6.09. The smallest absolute Gasteiger partial charge is 0.317 e. The van der Waals surface area contributed by atoms with Crippen LogP contribution in [-0.4, -0.2) is 77.8 Å². The maximum Gasteiger partial charge on any atom is 0.317 e. The summed E-state index contributed by atoms with van der Waals surface area (Å²) in [7, 11) is 3.25. The number of likely N-dealkylation sites (tertiary alicyclic amines) is 1. The van der Waals surface area contributed by atoms with E-state index in [4.69, 9.17) is 9.84 Å². The molecule has 1 aromatic carbocycles. The van der Waals surface area contributed by atoms with Gasteiger partial charge in [0.1, 0.15) is 5.75 Å². The second-order valence-electron chi connectivity index (χ2n) is 6.09. The number of hydrogen-bond donors (Lipinski definition) is 2. The van der Waals surface area contributed by atoms with Gasteiger partial charge >= 0.3 is 5.97 Å². The minimum absolute atomic E-state index is 0.0314. The first-order valence-corrected chi connectivity index (χ1v) is 7.91. The van der Waals surface area contributed by atoms with E-state index in [1.807, 2.05) is 24.3 Å². The van der Waals surface area contributed by atoms with Crippen LogP contribution in [0.5, 0.6) is 5.75 Å². The molecule has 2 N–H and O–H groups in total. The lowest BCUT2D eigenvalue weighted by molar-refractivity contribution is -0.138. The molecular weight excluding hydrogens is 312 g/mol. The highest BCUT2D eigenvalue weighted by Crippen LogP contribution is 2.18. The number of amides is 1. The molecule has 1 aliphatic rings. The molecule has 1 unspecified atom stereocenters. The predicted molar refractivity (Wildman–Crippen MR) is 88.0 cm³/mol. The monoisotopic (exact) mass is 336 g/mol. The van der Waals surface area contributed by atoms with Gasteiger partial charge in [-0.15, -0.1) is 0 Å². The van der Waals surface area contributed by atoms with E-state index in [-0.39, 0.29) is 25.0 Å². The Kier molecular flexibility index (Phi) is 6.16. The molecule has 24 heavy (non-hydrogen) atoms. The zero-order chi connectivity index (χ0) is 17.7. The number of nitrogens with zero attached hydrogens (tertiary/aromatic N) is 2. The topological polar surface area (TPSA) is 90.3 Å². The van der Waals surface area contributed by atoms with E-state index >= 15 is 0 Å². The average Bonchev–Trinajstić information content (AvgIpc) is 2.94. The summed E-state index contributed by atoms with van der Waals surface area (Å²) in [4.78, 5) is 26.3. The Balaban J connectivity index is 1.85. The summed E-state index contributed by atoms with van der Waals surface area (Å²) in [5, 5.41) is 18.9. The lowest BCUT2D eigenvalue weighted by atomic mass is 10.1. The molecule has 1 aromatic rings. The van der Waals surface area contributed by atoms with Crippen molar-refractivity contribution in [3.63, 3.8) is 0 Å². The van der Waals surface area contributed by atoms with Gasteiger partial charge in [-0.2, -0.15) is 0 Å². The molecule has 2 atom stereocenters. The van der Waals surface area contributed by atoms with Gasteiger partial charge < -0.3 is 19.8 Å². The number of β-amino-alcohol motifs (C(OH)–C–C–N with tert-alkyl or cyclic N) is 1. The van der Waals surface area contributed by atoms with Crippen molar-refractivity contribution in [3.8, 4) is 5.75 Å². The summed E-state index contributed by atoms with van der Waals surface area (Å²) < 4.78 is 5.10. The van der Waals surface area contributed by atoms with Crippen LogP contribution in [0.3, 0.4) is 0 Å². The molecule has 1 heterocycles. The standard InChI is InChI=1S/C17H24N2O5/c1-18(11-17(22)23)14-9-19(10-15(14)20)16(21)8-5-12-3-6-13(24-2)7-4-12/h3-4,6-7,14-15,20H,5,8-11H2,1-2H3,(H,22,23)/t14?,15-/m1/s1. The number of carbonyl (C=O) groups excluding carboxylic acids is 1. The van der Waals surface area contributed by atoms with Crippen LogP contribution < -0.4 is 4.74 Å². The molecule has 1 amide bonds. The van der Waals surface area contributed by atoms with Crippen LogP contribution in [0, 0.1) is 0 Å². The van der Waals surface area contributed by atoms with Crippen molar-refractivity contribution in [3.05, 3.63) is 29.8 Å². The number of aliphatic hydroxyl groups excluding tert-OH is 1. The Bertz CT molecular complexity index is 575. The summed E-state index contributed by atoms with van der Waals surface area (Å²) in [6, 6.07) is 7.22. The summed E-state index contributed by atoms with van der Waals surface area (Å²) in [6.07, 6.45) is 0.249. The number of rotatable bonds is 7. The number of carboxylic acid groups (broad SMARTS) is 1. The van der Waals surface area contributed by atoms with E-state index in [0.29, 0.717) is 19.4 Å². The fraction of sp³-hybridized carbons (Fsp3) is 0.529. The molecule has 1 fully saturated rings. The van der Waals surface area contributed by atoms with Gasteiger partial charge in [-0.1, -0.05) is 12.1 Å². The van der Waals surface area contributed by atoms with Crippen molar-refractivity contribution < 1.29 is 24.5 Å². The first kappa shape index (κ1) is 18.2. The normalized spacial score (nSPS) is 20.4. The van der Waals surface area contributed by atoms with Crippen molar-refractivity contribution in [1.82, 2.24) is 9.80 Å². The summed E-state index contributed by atoms with van der Waals surface area (Å²) in [6.45, 7) is 0.443. The molecule has 132 valence electrons. The van der Waals surface area contributed by atoms with Crippen LogP contribution in [-0.2, 0) is 16.0 Å². The lowest BCUT2D eigenvalue weighted by Gasteiger charge is -2.24. The van der Waals surface area contributed by atoms with Crippen molar-refractivity contribution in [2.24, 2.45) is 0 Å². The van der Waals surface area contributed by atoms with Gasteiger partial charge in [0.15, 0.2) is 0 Å². The molecule has 0 aromatic heterocycles. The van der Waals surface area contributed by atoms with E-state index in [9.17, 15) is 14.7 Å². The number of ether oxygens (including phenoxy) is 1. The van der Waals surface area contributed by atoms with Crippen LogP contribution in [0.1, 0.15) is 12.0 Å². The van der Waals surface area contributed by atoms with Gasteiger partial charge in [0.25, 0.3) is 0 Å². The van der Waals surface area contributed by atoms with E-state index in [1.165, 1.54) is 0 Å². The first-order valence-electron chi connectivity index (χ1n) is 7.91. The SMILES string of the molecule is COc1ccc(CCC(=O)N2CC(N(C)CC(=O)O)[C@H](O)C2)cc1. The summed E-state index contributed by atoms with van der Waals surface area (Å²) in [5.41, 5.74) is 1.04. The van der Waals surface area contributed by atoms with E-state index in [2.05, 4.69) is 0 Å². The fourth-order valence-corrected chi connectivity index (χ4v) is 2.94. The van der Waals surface area contributed by atoms with Crippen molar-refractivity contribution in [1.29, 1.82) is 0 Å². The van der Waals surface area contributed by atoms with Crippen LogP contribution in [0.4, 0.5) is 0 Å². The number of hydrogen-bond acceptors (Lipinski definition) is 5. The van der Waals surface area contributed by atoms with Crippen LogP contribution >= 0.6 is 0 Å². The maximum atomic E-state index is 12.3. The van der Waals surface area contributed by atoms with E-state index in [1.54, 1.807) is 24.0 Å². The molecule has 0 radical (unpaired) electrons. The van der Waals surface area contributed by atoms with Crippen LogP contribution in [0.15, 0.2) is 24.3 Å². The number of methoxy groups -OCH3 is 1. The maximum absolute atomic E-state index is 12.3.